The Morgan fingerprint density at radius 1 is 0.941 bits per heavy atom. The highest BCUT2D eigenvalue weighted by atomic mass is 32.2. The number of carbonyl (C=O) groups is 1. The Balaban J connectivity index is 1.49. The quantitative estimate of drug-likeness (QED) is 0.548. The molecule has 1 amide bonds. The molecule has 0 saturated carbocycles. The molecule has 0 unspecified atom stereocenters. The maximum atomic E-state index is 12.8. The second-order valence-corrected chi connectivity index (χ2v) is 10.5. The first-order valence-corrected chi connectivity index (χ1v) is 13.4. The van der Waals surface area contributed by atoms with E-state index in [-0.39, 0.29) is 5.91 Å². The molecule has 0 bridgehead atoms. The van der Waals surface area contributed by atoms with Crippen LogP contribution >= 0.6 is 0 Å². The van der Waals surface area contributed by atoms with Gasteiger partial charge in [0.25, 0.3) is 0 Å². The molecule has 2 aromatic carbocycles. The minimum Gasteiger partial charge on any atom is -0.341 e. The molecule has 0 spiro atoms. The van der Waals surface area contributed by atoms with Gasteiger partial charge in [0, 0.05) is 52.2 Å². The second kappa shape index (κ2) is 12.1. The molecule has 7 nitrogen and oxygen atoms in total. The van der Waals surface area contributed by atoms with Crippen LogP contribution in [0.2, 0.25) is 0 Å². The SMILES string of the molecule is CCN(CC)S(=O)(=O)c1ccc(CCC(=O)N2CCCN(Cc3ccc(C#N)cc3)CC2)cc1. The first-order valence-electron chi connectivity index (χ1n) is 12.0. The zero-order valence-corrected chi connectivity index (χ0v) is 20.9. The molecule has 1 fully saturated rings. The molecule has 34 heavy (non-hydrogen) atoms. The lowest BCUT2D eigenvalue weighted by Gasteiger charge is -2.22. The summed E-state index contributed by atoms with van der Waals surface area (Å²) in [6.07, 6.45) is 1.94. The first kappa shape index (κ1) is 25.9. The zero-order chi connectivity index (χ0) is 24.6. The summed E-state index contributed by atoms with van der Waals surface area (Å²) in [6, 6.07) is 16.7. The van der Waals surface area contributed by atoms with Crippen molar-refractivity contribution in [2.75, 3.05) is 39.3 Å². The molecule has 0 N–H and O–H groups in total. The molecule has 0 aromatic heterocycles. The van der Waals surface area contributed by atoms with Crippen LogP contribution in [0.25, 0.3) is 0 Å². The van der Waals surface area contributed by atoms with Crippen LogP contribution in [0.15, 0.2) is 53.4 Å². The van der Waals surface area contributed by atoms with E-state index >= 15 is 0 Å². The number of sulfonamides is 1. The second-order valence-electron chi connectivity index (χ2n) is 8.55. The lowest BCUT2D eigenvalue weighted by atomic mass is 10.1. The van der Waals surface area contributed by atoms with Crippen LogP contribution in [0.4, 0.5) is 0 Å². The molecule has 0 aliphatic carbocycles. The molecule has 1 saturated heterocycles. The fourth-order valence-electron chi connectivity index (χ4n) is 4.27. The Labute approximate surface area is 203 Å². The van der Waals surface area contributed by atoms with Crippen LogP contribution in [0.1, 0.15) is 43.4 Å². The van der Waals surface area contributed by atoms with E-state index in [9.17, 15) is 13.2 Å². The van der Waals surface area contributed by atoms with E-state index in [1.54, 1.807) is 12.1 Å². The first-order chi connectivity index (χ1) is 16.4. The molecule has 8 heteroatoms. The summed E-state index contributed by atoms with van der Waals surface area (Å²) in [5.41, 5.74) is 2.80. The highest BCUT2D eigenvalue weighted by molar-refractivity contribution is 7.89. The molecule has 3 rings (SSSR count). The number of carbonyl (C=O) groups excluding carboxylic acids is 1. The van der Waals surface area contributed by atoms with Crippen molar-refractivity contribution in [3.63, 3.8) is 0 Å². The number of rotatable bonds is 9. The van der Waals surface area contributed by atoms with Crippen molar-refractivity contribution in [2.45, 2.75) is 44.6 Å². The Bertz CT molecular complexity index is 1090. The Morgan fingerprint density at radius 2 is 1.59 bits per heavy atom. The maximum absolute atomic E-state index is 12.8. The minimum absolute atomic E-state index is 0.139. The highest BCUT2D eigenvalue weighted by Crippen LogP contribution is 2.17. The number of hydrogen-bond acceptors (Lipinski definition) is 5. The predicted octanol–water partition coefficient (Wildman–Crippen LogP) is 3.26. The summed E-state index contributed by atoms with van der Waals surface area (Å²) < 4.78 is 26.7. The summed E-state index contributed by atoms with van der Waals surface area (Å²) in [7, 11) is -3.46. The number of nitrogens with zero attached hydrogens (tertiary/aromatic N) is 4. The molecular formula is C26H34N4O3S. The smallest absolute Gasteiger partial charge is 0.243 e. The van der Waals surface area contributed by atoms with Gasteiger partial charge >= 0.3 is 0 Å². The van der Waals surface area contributed by atoms with Crippen LogP contribution in [-0.2, 0) is 27.8 Å². The van der Waals surface area contributed by atoms with Crippen molar-refractivity contribution >= 4 is 15.9 Å². The Hall–Kier alpha value is -2.73. The maximum Gasteiger partial charge on any atom is 0.243 e. The van der Waals surface area contributed by atoms with Crippen LogP contribution < -0.4 is 0 Å². The van der Waals surface area contributed by atoms with Gasteiger partial charge in [-0.1, -0.05) is 38.1 Å². The highest BCUT2D eigenvalue weighted by Gasteiger charge is 2.22. The average Bonchev–Trinajstić information content (AvgIpc) is 3.09. The largest absolute Gasteiger partial charge is 0.341 e. The molecule has 2 aromatic rings. The zero-order valence-electron chi connectivity index (χ0n) is 20.1. The predicted molar refractivity (Wildman–Crippen MR) is 133 cm³/mol. The topological polar surface area (TPSA) is 84.7 Å². The van der Waals surface area contributed by atoms with Crippen LogP contribution in [0.3, 0.4) is 0 Å². The number of nitriles is 1. The molecule has 0 atom stereocenters. The molecular weight excluding hydrogens is 448 g/mol. The van der Waals surface area contributed by atoms with Gasteiger partial charge in [0.15, 0.2) is 0 Å². The van der Waals surface area contributed by atoms with Crippen molar-refractivity contribution in [3.8, 4) is 6.07 Å². The van der Waals surface area contributed by atoms with Gasteiger partial charge in [-0.3, -0.25) is 9.69 Å². The Kier molecular flexibility index (Phi) is 9.22. The summed E-state index contributed by atoms with van der Waals surface area (Å²) >= 11 is 0. The van der Waals surface area contributed by atoms with Gasteiger partial charge in [-0.2, -0.15) is 9.57 Å². The molecule has 1 heterocycles. The van der Waals surface area contributed by atoms with Gasteiger partial charge in [-0.05, 0) is 48.2 Å². The molecule has 1 aliphatic rings. The van der Waals surface area contributed by atoms with E-state index in [4.69, 9.17) is 5.26 Å². The van der Waals surface area contributed by atoms with E-state index in [1.807, 2.05) is 55.1 Å². The lowest BCUT2D eigenvalue weighted by Crippen LogP contribution is -2.35. The number of benzene rings is 2. The van der Waals surface area contributed by atoms with Gasteiger partial charge in [-0.25, -0.2) is 8.42 Å². The van der Waals surface area contributed by atoms with E-state index in [1.165, 1.54) is 9.87 Å². The summed E-state index contributed by atoms with van der Waals surface area (Å²) in [4.78, 5) is 17.4. The number of hydrogen-bond donors (Lipinski definition) is 0. The van der Waals surface area contributed by atoms with E-state index in [0.29, 0.717) is 42.9 Å². The van der Waals surface area contributed by atoms with Crippen molar-refractivity contribution in [1.82, 2.24) is 14.1 Å². The van der Waals surface area contributed by atoms with Gasteiger partial charge in [0.05, 0.1) is 16.5 Å². The number of amides is 1. The fraction of sp³-hybridized carbons (Fsp3) is 0.462. The summed E-state index contributed by atoms with van der Waals surface area (Å²) in [5, 5.41) is 8.94. The minimum atomic E-state index is -3.46. The number of aryl methyl sites for hydroxylation is 1. The third-order valence-electron chi connectivity index (χ3n) is 6.32. The fourth-order valence-corrected chi connectivity index (χ4v) is 5.73. The van der Waals surface area contributed by atoms with E-state index in [2.05, 4.69) is 11.0 Å². The standard InChI is InChI=1S/C26H34N4O3S/c1-3-30(4-2)34(32,33)25-13-10-22(11-14-25)12-15-26(31)29-17-5-16-28(18-19-29)21-24-8-6-23(20-27)7-9-24/h6-11,13-14H,3-5,12,15-19,21H2,1-2H3. The molecule has 182 valence electrons. The van der Waals surface area contributed by atoms with E-state index < -0.39 is 10.0 Å². The molecule has 0 radical (unpaired) electrons. The van der Waals surface area contributed by atoms with Crippen LogP contribution in [-0.4, -0.2) is 67.7 Å². The third kappa shape index (κ3) is 6.66. The van der Waals surface area contributed by atoms with Crippen molar-refractivity contribution in [2.24, 2.45) is 0 Å². The Morgan fingerprint density at radius 3 is 2.21 bits per heavy atom. The summed E-state index contributed by atoms with van der Waals surface area (Å²) in [6.45, 7) is 8.57. The van der Waals surface area contributed by atoms with Gasteiger partial charge in [-0.15, -0.1) is 0 Å². The average molecular weight is 483 g/mol. The monoisotopic (exact) mass is 482 g/mol. The summed E-state index contributed by atoms with van der Waals surface area (Å²) in [5.74, 6) is 0.139. The van der Waals surface area contributed by atoms with Gasteiger partial charge in [0.1, 0.15) is 0 Å². The van der Waals surface area contributed by atoms with E-state index in [0.717, 1.165) is 38.2 Å². The normalized spacial score (nSPS) is 15.2. The van der Waals surface area contributed by atoms with Gasteiger partial charge in [0.2, 0.25) is 15.9 Å². The third-order valence-corrected chi connectivity index (χ3v) is 8.39. The lowest BCUT2D eigenvalue weighted by molar-refractivity contribution is -0.131. The van der Waals surface area contributed by atoms with Crippen molar-refractivity contribution in [1.29, 1.82) is 5.26 Å². The molecule has 1 aliphatic heterocycles. The van der Waals surface area contributed by atoms with Crippen LogP contribution in [0, 0.1) is 11.3 Å². The van der Waals surface area contributed by atoms with Crippen molar-refractivity contribution < 1.29 is 13.2 Å². The van der Waals surface area contributed by atoms with Gasteiger partial charge < -0.3 is 4.90 Å². The van der Waals surface area contributed by atoms with Crippen molar-refractivity contribution in [3.05, 3.63) is 65.2 Å². The van der Waals surface area contributed by atoms with Crippen LogP contribution in [0.5, 0.6) is 0 Å².